The lowest BCUT2D eigenvalue weighted by Gasteiger charge is -2.21. The topological polar surface area (TPSA) is 43.1 Å². The highest BCUT2D eigenvalue weighted by molar-refractivity contribution is 5.97. The number of aryl methyl sites for hydroxylation is 3. The SMILES string of the molecule is Cc1ccc(C)n1-c1c(C(=O)N2CCCCCC2)cnn1C. The van der Waals surface area contributed by atoms with Crippen LogP contribution in [0.1, 0.15) is 47.4 Å². The lowest BCUT2D eigenvalue weighted by Crippen LogP contribution is -2.32. The molecule has 1 aliphatic rings. The van der Waals surface area contributed by atoms with Crippen LogP contribution >= 0.6 is 0 Å². The Morgan fingerprint density at radius 2 is 1.64 bits per heavy atom. The average Bonchev–Trinajstić information content (AvgIpc) is 2.89. The van der Waals surface area contributed by atoms with E-state index in [2.05, 4.69) is 35.6 Å². The molecule has 1 fully saturated rings. The molecule has 3 rings (SSSR count). The first-order chi connectivity index (χ1) is 10.6. The maximum Gasteiger partial charge on any atom is 0.259 e. The van der Waals surface area contributed by atoms with Gasteiger partial charge in [0, 0.05) is 31.5 Å². The van der Waals surface area contributed by atoms with E-state index in [4.69, 9.17) is 0 Å². The largest absolute Gasteiger partial charge is 0.338 e. The van der Waals surface area contributed by atoms with Crippen molar-refractivity contribution in [2.75, 3.05) is 13.1 Å². The van der Waals surface area contributed by atoms with Gasteiger partial charge in [0.1, 0.15) is 11.4 Å². The van der Waals surface area contributed by atoms with Crippen molar-refractivity contribution in [2.24, 2.45) is 7.05 Å². The van der Waals surface area contributed by atoms with Crippen molar-refractivity contribution in [3.63, 3.8) is 0 Å². The zero-order chi connectivity index (χ0) is 15.7. The predicted octanol–water partition coefficient (Wildman–Crippen LogP) is 2.84. The van der Waals surface area contributed by atoms with Gasteiger partial charge in [0.05, 0.1) is 6.20 Å². The molecule has 1 saturated heterocycles. The van der Waals surface area contributed by atoms with Gasteiger partial charge in [-0.1, -0.05) is 12.8 Å². The highest BCUT2D eigenvalue weighted by atomic mass is 16.2. The van der Waals surface area contributed by atoms with Crippen LogP contribution in [0.25, 0.3) is 5.82 Å². The highest BCUT2D eigenvalue weighted by Gasteiger charge is 2.24. The van der Waals surface area contributed by atoms with Crippen molar-refractivity contribution in [1.29, 1.82) is 0 Å². The molecule has 3 heterocycles. The molecule has 1 amide bonds. The first kappa shape index (κ1) is 14.9. The number of carbonyl (C=O) groups is 1. The quantitative estimate of drug-likeness (QED) is 0.856. The number of hydrogen-bond acceptors (Lipinski definition) is 2. The maximum absolute atomic E-state index is 13.0. The van der Waals surface area contributed by atoms with Crippen LogP contribution in [-0.2, 0) is 7.05 Å². The summed E-state index contributed by atoms with van der Waals surface area (Å²) < 4.78 is 3.91. The van der Waals surface area contributed by atoms with E-state index >= 15 is 0 Å². The van der Waals surface area contributed by atoms with Gasteiger partial charge in [-0.15, -0.1) is 0 Å². The molecule has 0 aromatic carbocycles. The Kier molecular flexibility index (Phi) is 4.05. The Labute approximate surface area is 131 Å². The Balaban J connectivity index is 2.00. The van der Waals surface area contributed by atoms with Gasteiger partial charge in [-0.3, -0.25) is 9.48 Å². The molecule has 5 nitrogen and oxygen atoms in total. The summed E-state index contributed by atoms with van der Waals surface area (Å²) in [5, 5.41) is 4.34. The van der Waals surface area contributed by atoms with Crippen LogP contribution in [0, 0.1) is 13.8 Å². The van der Waals surface area contributed by atoms with Gasteiger partial charge in [-0.2, -0.15) is 5.10 Å². The first-order valence-electron chi connectivity index (χ1n) is 8.06. The van der Waals surface area contributed by atoms with E-state index < -0.39 is 0 Å². The summed E-state index contributed by atoms with van der Waals surface area (Å²) in [6, 6.07) is 4.14. The summed E-state index contributed by atoms with van der Waals surface area (Å²) in [6.45, 7) is 5.83. The molecule has 0 radical (unpaired) electrons. The zero-order valence-electron chi connectivity index (χ0n) is 13.7. The molecule has 2 aromatic heterocycles. The standard InChI is InChI=1S/C17H24N4O/c1-13-8-9-14(2)21(13)16-15(12-18-19(16)3)17(22)20-10-6-4-5-7-11-20/h8-9,12H,4-7,10-11H2,1-3H3. The summed E-state index contributed by atoms with van der Waals surface area (Å²) >= 11 is 0. The van der Waals surface area contributed by atoms with Crippen LogP contribution in [0.4, 0.5) is 0 Å². The molecule has 0 spiro atoms. The Morgan fingerprint density at radius 3 is 2.23 bits per heavy atom. The minimum atomic E-state index is 0.109. The molecule has 1 aliphatic heterocycles. The van der Waals surface area contributed by atoms with Crippen molar-refractivity contribution in [3.8, 4) is 5.82 Å². The van der Waals surface area contributed by atoms with Crippen LogP contribution in [0.2, 0.25) is 0 Å². The monoisotopic (exact) mass is 300 g/mol. The fraction of sp³-hybridized carbons (Fsp3) is 0.529. The van der Waals surface area contributed by atoms with Gasteiger partial charge in [0.2, 0.25) is 0 Å². The molecule has 2 aromatic rings. The fourth-order valence-electron chi connectivity index (χ4n) is 3.29. The molecule has 0 N–H and O–H groups in total. The van der Waals surface area contributed by atoms with E-state index in [0.717, 1.165) is 43.1 Å². The maximum atomic E-state index is 13.0. The summed E-state index contributed by atoms with van der Waals surface area (Å²) in [6.07, 6.45) is 6.35. The van der Waals surface area contributed by atoms with Crippen LogP contribution in [0.3, 0.4) is 0 Å². The van der Waals surface area contributed by atoms with Crippen molar-refractivity contribution in [1.82, 2.24) is 19.2 Å². The first-order valence-corrected chi connectivity index (χ1v) is 8.06. The summed E-state index contributed by atoms with van der Waals surface area (Å²) in [4.78, 5) is 15.0. The van der Waals surface area contributed by atoms with Gasteiger partial charge in [0.15, 0.2) is 0 Å². The number of rotatable bonds is 2. The lowest BCUT2D eigenvalue weighted by molar-refractivity contribution is 0.0761. The smallest absolute Gasteiger partial charge is 0.259 e. The number of hydrogen-bond donors (Lipinski definition) is 0. The molecule has 0 saturated carbocycles. The van der Waals surface area contributed by atoms with Crippen LogP contribution in [0.5, 0.6) is 0 Å². The molecule has 22 heavy (non-hydrogen) atoms. The number of nitrogens with zero attached hydrogens (tertiary/aromatic N) is 4. The van der Waals surface area contributed by atoms with Crippen molar-refractivity contribution in [2.45, 2.75) is 39.5 Å². The van der Waals surface area contributed by atoms with Gasteiger partial charge >= 0.3 is 0 Å². The van der Waals surface area contributed by atoms with Crippen molar-refractivity contribution < 1.29 is 4.79 Å². The molecule has 5 heteroatoms. The average molecular weight is 300 g/mol. The van der Waals surface area contributed by atoms with Crippen molar-refractivity contribution in [3.05, 3.63) is 35.3 Å². The second-order valence-electron chi connectivity index (χ2n) is 6.16. The Morgan fingerprint density at radius 1 is 1.05 bits per heavy atom. The van der Waals surface area contributed by atoms with Gasteiger partial charge in [-0.25, -0.2) is 0 Å². The van der Waals surface area contributed by atoms with E-state index in [1.165, 1.54) is 12.8 Å². The van der Waals surface area contributed by atoms with Gasteiger partial charge < -0.3 is 9.47 Å². The fourth-order valence-corrected chi connectivity index (χ4v) is 3.29. The number of likely N-dealkylation sites (tertiary alicyclic amines) is 1. The van der Waals surface area contributed by atoms with Crippen LogP contribution < -0.4 is 0 Å². The Bertz CT molecular complexity index is 655. The normalized spacial score (nSPS) is 15.9. The molecule has 0 aliphatic carbocycles. The minimum absolute atomic E-state index is 0.109. The number of carbonyl (C=O) groups excluding carboxylic acids is 1. The summed E-state index contributed by atoms with van der Waals surface area (Å²) in [7, 11) is 1.90. The Hall–Kier alpha value is -2.04. The molecular formula is C17H24N4O. The van der Waals surface area contributed by atoms with E-state index in [9.17, 15) is 4.79 Å². The van der Waals surface area contributed by atoms with E-state index in [1.807, 2.05) is 11.9 Å². The second kappa shape index (κ2) is 5.99. The van der Waals surface area contributed by atoms with Gasteiger partial charge in [0.25, 0.3) is 5.91 Å². The second-order valence-corrected chi connectivity index (χ2v) is 6.16. The highest BCUT2D eigenvalue weighted by Crippen LogP contribution is 2.22. The van der Waals surface area contributed by atoms with Crippen LogP contribution in [0.15, 0.2) is 18.3 Å². The molecule has 0 bridgehead atoms. The number of amides is 1. The molecule has 0 atom stereocenters. The predicted molar refractivity (Wildman–Crippen MR) is 86.4 cm³/mol. The third-order valence-electron chi connectivity index (χ3n) is 4.51. The van der Waals surface area contributed by atoms with Gasteiger partial charge in [-0.05, 0) is 38.8 Å². The third kappa shape index (κ3) is 2.56. The minimum Gasteiger partial charge on any atom is -0.338 e. The van der Waals surface area contributed by atoms with Crippen molar-refractivity contribution >= 4 is 5.91 Å². The summed E-state index contributed by atoms with van der Waals surface area (Å²) in [5.41, 5.74) is 2.93. The lowest BCUT2D eigenvalue weighted by atomic mass is 10.2. The van der Waals surface area contributed by atoms with E-state index in [1.54, 1.807) is 10.9 Å². The molecule has 118 valence electrons. The molecule has 0 unspecified atom stereocenters. The molecular weight excluding hydrogens is 276 g/mol. The number of aromatic nitrogens is 3. The van der Waals surface area contributed by atoms with E-state index in [0.29, 0.717) is 5.56 Å². The summed E-state index contributed by atoms with van der Waals surface area (Å²) in [5.74, 6) is 0.978. The van der Waals surface area contributed by atoms with Crippen LogP contribution in [-0.4, -0.2) is 38.2 Å². The third-order valence-corrected chi connectivity index (χ3v) is 4.51. The zero-order valence-corrected chi connectivity index (χ0v) is 13.7. The van der Waals surface area contributed by atoms with E-state index in [-0.39, 0.29) is 5.91 Å².